The molecular formula is C17H20ClNO2. The first-order chi connectivity index (χ1) is 10.1. The molecule has 0 saturated heterocycles. The molecule has 1 unspecified atom stereocenters. The highest BCUT2D eigenvalue weighted by atomic mass is 35.5. The van der Waals surface area contributed by atoms with Crippen molar-refractivity contribution in [1.82, 2.24) is 0 Å². The van der Waals surface area contributed by atoms with Gasteiger partial charge in [0.25, 0.3) is 0 Å². The van der Waals surface area contributed by atoms with Crippen molar-refractivity contribution in [2.45, 2.75) is 20.0 Å². The van der Waals surface area contributed by atoms with E-state index in [1.807, 2.05) is 18.2 Å². The molecule has 112 valence electrons. The zero-order chi connectivity index (χ0) is 15.2. The Bertz CT molecular complexity index is 601. The molecule has 2 N–H and O–H groups in total. The highest BCUT2D eigenvalue weighted by molar-refractivity contribution is 6.32. The fraction of sp³-hybridized carbons (Fsp3) is 0.294. The number of aliphatic hydroxyl groups is 1. The highest BCUT2D eigenvalue weighted by Gasteiger charge is 2.07. The Balaban J connectivity index is 1.81. The zero-order valence-corrected chi connectivity index (χ0v) is 13.0. The van der Waals surface area contributed by atoms with E-state index in [0.29, 0.717) is 17.3 Å². The summed E-state index contributed by atoms with van der Waals surface area (Å²) in [5, 5.41) is 13.7. The van der Waals surface area contributed by atoms with E-state index in [4.69, 9.17) is 16.3 Å². The largest absolute Gasteiger partial charge is 0.489 e. The van der Waals surface area contributed by atoms with Crippen LogP contribution in [0.2, 0.25) is 5.02 Å². The molecule has 2 aromatic carbocycles. The number of anilines is 1. The summed E-state index contributed by atoms with van der Waals surface area (Å²) in [6.07, 6.45) is -0.608. The Hall–Kier alpha value is -1.71. The number of halogens is 1. The summed E-state index contributed by atoms with van der Waals surface area (Å²) in [6, 6.07) is 13.4. The van der Waals surface area contributed by atoms with Gasteiger partial charge in [0.15, 0.2) is 0 Å². The van der Waals surface area contributed by atoms with E-state index >= 15 is 0 Å². The summed E-state index contributed by atoms with van der Waals surface area (Å²) < 4.78 is 5.51. The minimum Gasteiger partial charge on any atom is -0.489 e. The first-order valence-corrected chi connectivity index (χ1v) is 7.30. The van der Waals surface area contributed by atoms with Crippen LogP contribution in [0.1, 0.15) is 11.1 Å². The standard InChI is InChI=1S/C17H20ClNO2/c1-12-7-8-14(9-13(12)2)19-10-15(20)11-21-17-6-4-3-5-16(17)18/h3-9,15,19-20H,10-11H2,1-2H3. The summed E-state index contributed by atoms with van der Waals surface area (Å²) in [7, 11) is 0. The lowest BCUT2D eigenvalue weighted by Gasteiger charge is -2.15. The summed E-state index contributed by atoms with van der Waals surface area (Å²) in [6.45, 7) is 4.76. The van der Waals surface area contributed by atoms with Crippen LogP contribution >= 0.6 is 11.6 Å². The Labute approximate surface area is 130 Å². The summed E-state index contributed by atoms with van der Waals surface area (Å²) in [5.74, 6) is 0.587. The second-order valence-corrected chi connectivity index (χ2v) is 5.48. The van der Waals surface area contributed by atoms with Gasteiger partial charge in [-0.3, -0.25) is 0 Å². The molecule has 0 radical (unpaired) electrons. The van der Waals surface area contributed by atoms with Gasteiger partial charge in [-0.1, -0.05) is 29.8 Å². The average Bonchev–Trinajstić information content (AvgIpc) is 2.47. The van der Waals surface area contributed by atoms with Gasteiger partial charge in [-0.25, -0.2) is 0 Å². The number of aliphatic hydroxyl groups excluding tert-OH is 1. The number of hydrogen-bond donors (Lipinski definition) is 2. The monoisotopic (exact) mass is 305 g/mol. The van der Waals surface area contributed by atoms with Crippen LogP contribution in [0, 0.1) is 13.8 Å². The Kier molecular flexibility index (Phi) is 5.48. The van der Waals surface area contributed by atoms with Crippen molar-refractivity contribution in [1.29, 1.82) is 0 Å². The number of benzene rings is 2. The molecule has 3 nitrogen and oxygen atoms in total. The topological polar surface area (TPSA) is 41.5 Å². The van der Waals surface area contributed by atoms with Crippen LogP contribution in [0.25, 0.3) is 0 Å². The van der Waals surface area contributed by atoms with Gasteiger partial charge in [0.2, 0.25) is 0 Å². The normalized spacial score (nSPS) is 12.0. The van der Waals surface area contributed by atoms with Gasteiger partial charge in [0.1, 0.15) is 18.5 Å². The van der Waals surface area contributed by atoms with Crippen LogP contribution < -0.4 is 10.1 Å². The summed E-state index contributed by atoms with van der Waals surface area (Å²) in [4.78, 5) is 0. The number of rotatable bonds is 6. The molecule has 0 aliphatic carbocycles. The molecule has 4 heteroatoms. The summed E-state index contributed by atoms with van der Waals surface area (Å²) in [5.41, 5.74) is 3.47. The van der Waals surface area contributed by atoms with E-state index in [1.165, 1.54) is 11.1 Å². The van der Waals surface area contributed by atoms with Gasteiger partial charge in [-0.05, 0) is 49.2 Å². The maximum Gasteiger partial charge on any atom is 0.138 e. The Morgan fingerprint density at radius 2 is 1.90 bits per heavy atom. The SMILES string of the molecule is Cc1ccc(NCC(O)COc2ccccc2Cl)cc1C. The number of aryl methyl sites for hydroxylation is 2. The fourth-order valence-electron chi connectivity index (χ4n) is 1.89. The summed E-state index contributed by atoms with van der Waals surface area (Å²) >= 11 is 5.99. The second kappa shape index (κ2) is 7.34. The molecule has 0 saturated carbocycles. The molecular weight excluding hydrogens is 286 g/mol. The maximum absolute atomic E-state index is 9.96. The molecule has 1 atom stereocenters. The van der Waals surface area contributed by atoms with Crippen molar-refractivity contribution >= 4 is 17.3 Å². The second-order valence-electron chi connectivity index (χ2n) is 5.08. The predicted molar refractivity (Wildman–Crippen MR) is 87.4 cm³/mol. The third kappa shape index (κ3) is 4.66. The minimum absolute atomic E-state index is 0.196. The van der Waals surface area contributed by atoms with E-state index < -0.39 is 6.10 Å². The van der Waals surface area contributed by atoms with Crippen molar-refractivity contribution in [3.63, 3.8) is 0 Å². The number of hydrogen-bond acceptors (Lipinski definition) is 3. The molecule has 0 aromatic heterocycles. The van der Waals surface area contributed by atoms with Crippen molar-refractivity contribution in [2.24, 2.45) is 0 Å². The number of nitrogens with one attached hydrogen (secondary N) is 1. The zero-order valence-electron chi connectivity index (χ0n) is 12.3. The van der Waals surface area contributed by atoms with Crippen LogP contribution in [0.3, 0.4) is 0 Å². The van der Waals surface area contributed by atoms with Crippen LogP contribution in [0.15, 0.2) is 42.5 Å². The van der Waals surface area contributed by atoms with E-state index in [-0.39, 0.29) is 6.61 Å². The molecule has 21 heavy (non-hydrogen) atoms. The molecule has 2 aromatic rings. The molecule has 0 bridgehead atoms. The van der Waals surface area contributed by atoms with E-state index in [1.54, 1.807) is 12.1 Å². The molecule has 0 amide bonds. The fourth-order valence-corrected chi connectivity index (χ4v) is 2.08. The lowest BCUT2D eigenvalue weighted by atomic mass is 10.1. The van der Waals surface area contributed by atoms with E-state index in [9.17, 15) is 5.11 Å². The van der Waals surface area contributed by atoms with Crippen molar-refractivity contribution in [3.05, 3.63) is 58.6 Å². The lowest BCUT2D eigenvalue weighted by Crippen LogP contribution is -2.26. The lowest BCUT2D eigenvalue weighted by molar-refractivity contribution is 0.117. The maximum atomic E-state index is 9.96. The van der Waals surface area contributed by atoms with Crippen molar-refractivity contribution in [2.75, 3.05) is 18.5 Å². The van der Waals surface area contributed by atoms with Gasteiger partial charge in [-0.2, -0.15) is 0 Å². The van der Waals surface area contributed by atoms with Gasteiger partial charge in [0, 0.05) is 12.2 Å². The van der Waals surface area contributed by atoms with Gasteiger partial charge >= 0.3 is 0 Å². The first-order valence-electron chi connectivity index (χ1n) is 6.93. The number of ether oxygens (including phenoxy) is 1. The van der Waals surface area contributed by atoms with Crippen LogP contribution in [0.4, 0.5) is 5.69 Å². The van der Waals surface area contributed by atoms with E-state index in [0.717, 1.165) is 5.69 Å². The predicted octanol–water partition coefficient (Wildman–Crippen LogP) is 3.81. The Morgan fingerprint density at radius 1 is 1.14 bits per heavy atom. The highest BCUT2D eigenvalue weighted by Crippen LogP contribution is 2.23. The average molecular weight is 306 g/mol. The third-order valence-electron chi connectivity index (χ3n) is 3.32. The van der Waals surface area contributed by atoms with E-state index in [2.05, 4.69) is 31.3 Å². The minimum atomic E-state index is -0.608. The van der Waals surface area contributed by atoms with Crippen LogP contribution in [-0.2, 0) is 0 Å². The molecule has 0 spiro atoms. The van der Waals surface area contributed by atoms with Crippen molar-refractivity contribution < 1.29 is 9.84 Å². The smallest absolute Gasteiger partial charge is 0.138 e. The number of para-hydroxylation sites is 1. The van der Waals surface area contributed by atoms with Crippen molar-refractivity contribution in [3.8, 4) is 5.75 Å². The quantitative estimate of drug-likeness (QED) is 0.853. The van der Waals surface area contributed by atoms with Crippen LogP contribution in [0.5, 0.6) is 5.75 Å². The Morgan fingerprint density at radius 3 is 2.62 bits per heavy atom. The van der Waals surface area contributed by atoms with Crippen LogP contribution in [-0.4, -0.2) is 24.4 Å². The van der Waals surface area contributed by atoms with Gasteiger partial charge < -0.3 is 15.2 Å². The first kappa shape index (κ1) is 15.7. The molecule has 2 rings (SSSR count). The van der Waals surface area contributed by atoms with Gasteiger partial charge in [0.05, 0.1) is 5.02 Å². The molecule has 0 fully saturated rings. The van der Waals surface area contributed by atoms with Gasteiger partial charge in [-0.15, -0.1) is 0 Å². The third-order valence-corrected chi connectivity index (χ3v) is 3.63. The molecule has 0 aliphatic rings. The molecule has 0 heterocycles. The molecule has 0 aliphatic heterocycles.